The molecule has 0 aliphatic carbocycles. The van der Waals surface area contributed by atoms with E-state index in [-0.39, 0.29) is 17.4 Å². The SMILES string of the molecule is C=CC(=O)OC(C)(C)C.C=CC(N)C(C)(C)C. The second kappa shape index (κ2) is 7.28. The summed E-state index contributed by atoms with van der Waals surface area (Å²) in [4.78, 5) is 10.5. The number of ether oxygens (including phenoxy) is 1. The Morgan fingerprint density at radius 3 is 1.65 bits per heavy atom. The summed E-state index contributed by atoms with van der Waals surface area (Å²) in [6, 6.07) is 0.113. The lowest BCUT2D eigenvalue weighted by molar-refractivity contribution is -0.148. The van der Waals surface area contributed by atoms with Gasteiger partial charge in [0.2, 0.25) is 0 Å². The topological polar surface area (TPSA) is 52.3 Å². The first-order chi connectivity index (χ1) is 7.44. The van der Waals surface area contributed by atoms with E-state index in [0.29, 0.717) is 0 Å². The Hall–Kier alpha value is -1.09. The van der Waals surface area contributed by atoms with Crippen molar-refractivity contribution in [1.82, 2.24) is 0 Å². The van der Waals surface area contributed by atoms with Crippen molar-refractivity contribution in [3.8, 4) is 0 Å². The monoisotopic (exact) mass is 241 g/mol. The molecule has 0 bridgehead atoms. The van der Waals surface area contributed by atoms with Crippen LogP contribution in [0.15, 0.2) is 25.3 Å². The summed E-state index contributed by atoms with van der Waals surface area (Å²) in [7, 11) is 0. The summed E-state index contributed by atoms with van der Waals surface area (Å²) in [5, 5.41) is 0. The molecule has 0 aromatic carbocycles. The zero-order valence-electron chi connectivity index (χ0n) is 12.0. The van der Waals surface area contributed by atoms with Gasteiger partial charge in [0.1, 0.15) is 5.60 Å². The molecule has 0 aromatic heterocycles. The molecule has 2 N–H and O–H groups in total. The van der Waals surface area contributed by atoms with Gasteiger partial charge in [-0.25, -0.2) is 4.79 Å². The van der Waals surface area contributed by atoms with Crippen molar-refractivity contribution in [2.45, 2.75) is 53.2 Å². The second-order valence-electron chi connectivity index (χ2n) is 5.87. The minimum atomic E-state index is -0.398. The van der Waals surface area contributed by atoms with Crippen LogP contribution < -0.4 is 5.73 Å². The van der Waals surface area contributed by atoms with Gasteiger partial charge in [0.15, 0.2) is 0 Å². The fourth-order valence-corrected chi connectivity index (χ4v) is 0.697. The van der Waals surface area contributed by atoms with Gasteiger partial charge < -0.3 is 10.5 Å². The predicted octanol–water partition coefficient (Wildman–Crippen LogP) is 3.06. The van der Waals surface area contributed by atoms with Gasteiger partial charge in [0.25, 0.3) is 0 Å². The van der Waals surface area contributed by atoms with Crippen LogP contribution in [-0.2, 0) is 9.53 Å². The quantitative estimate of drug-likeness (QED) is 0.459. The first-order valence-electron chi connectivity index (χ1n) is 5.67. The minimum absolute atomic E-state index is 0.113. The zero-order valence-corrected chi connectivity index (χ0v) is 12.0. The van der Waals surface area contributed by atoms with E-state index in [1.165, 1.54) is 0 Å². The first-order valence-corrected chi connectivity index (χ1v) is 5.67. The number of carbonyl (C=O) groups excluding carboxylic acids is 1. The number of hydrogen-bond donors (Lipinski definition) is 1. The lowest BCUT2D eigenvalue weighted by Crippen LogP contribution is -2.32. The molecule has 1 atom stereocenters. The van der Waals surface area contributed by atoms with E-state index in [4.69, 9.17) is 10.5 Å². The van der Waals surface area contributed by atoms with Crippen LogP contribution in [0.25, 0.3) is 0 Å². The molecular formula is C14H27NO2. The zero-order chi connectivity index (χ0) is 14.3. The van der Waals surface area contributed by atoms with Gasteiger partial charge in [-0.3, -0.25) is 0 Å². The number of esters is 1. The summed E-state index contributed by atoms with van der Waals surface area (Å²) in [5.74, 6) is -0.373. The Balaban J connectivity index is 0. The van der Waals surface area contributed by atoms with Gasteiger partial charge in [0.05, 0.1) is 0 Å². The van der Waals surface area contributed by atoms with Crippen LogP contribution >= 0.6 is 0 Å². The molecule has 1 unspecified atom stereocenters. The largest absolute Gasteiger partial charge is 0.457 e. The molecule has 0 radical (unpaired) electrons. The molecular weight excluding hydrogens is 214 g/mol. The van der Waals surface area contributed by atoms with Gasteiger partial charge in [-0.05, 0) is 26.2 Å². The van der Waals surface area contributed by atoms with E-state index in [0.717, 1.165) is 6.08 Å². The average Bonchev–Trinajstić information content (AvgIpc) is 2.13. The number of carbonyl (C=O) groups is 1. The maximum Gasteiger partial charge on any atom is 0.330 e. The molecule has 0 aliphatic rings. The molecule has 3 heteroatoms. The first kappa shape index (κ1) is 18.3. The maximum absolute atomic E-state index is 10.5. The van der Waals surface area contributed by atoms with E-state index in [2.05, 4.69) is 33.9 Å². The Morgan fingerprint density at radius 2 is 1.59 bits per heavy atom. The van der Waals surface area contributed by atoms with Crippen molar-refractivity contribution in [1.29, 1.82) is 0 Å². The van der Waals surface area contributed by atoms with Crippen molar-refractivity contribution < 1.29 is 9.53 Å². The van der Waals surface area contributed by atoms with Crippen LogP contribution in [0.1, 0.15) is 41.5 Å². The van der Waals surface area contributed by atoms with Crippen molar-refractivity contribution in [3.05, 3.63) is 25.3 Å². The molecule has 3 nitrogen and oxygen atoms in total. The van der Waals surface area contributed by atoms with Gasteiger partial charge in [-0.15, -0.1) is 6.58 Å². The van der Waals surface area contributed by atoms with Crippen LogP contribution in [-0.4, -0.2) is 17.6 Å². The molecule has 0 saturated heterocycles. The van der Waals surface area contributed by atoms with Crippen LogP contribution in [0, 0.1) is 5.41 Å². The van der Waals surface area contributed by atoms with E-state index in [9.17, 15) is 4.79 Å². The highest BCUT2D eigenvalue weighted by Crippen LogP contribution is 2.16. The Morgan fingerprint density at radius 1 is 1.18 bits per heavy atom. The number of hydrogen-bond acceptors (Lipinski definition) is 3. The van der Waals surface area contributed by atoms with Crippen molar-refractivity contribution in [2.75, 3.05) is 0 Å². The summed E-state index contributed by atoms with van der Waals surface area (Å²) in [5.41, 5.74) is 5.40. The molecule has 0 heterocycles. The van der Waals surface area contributed by atoms with E-state index in [1.807, 2.05) is 20.8 Å². The third kappa shape index (κ3) is 12.8. The van der Waals surface area contributed by atoms with Gasteiger partial charge in [-0.1, -0.05) is 33.4 Å². The summed E-state index contributed by atoms with van der Waals surface area (Å²) < 4.78 is 4.83. The number of rotatable bonds is 2. The summed E-state index contributed by atoms with van der Waals surface area (Å²) >= 11 is 0. The van der Waals surface area contributed by atoms with Crippen LogP contribution in [0.3, 0.4) is 0 Å². The molecule has 0 saturated carbocycles. The molecule has 17 heavy (non-hydrogen) atoms. The minimum Gasteiger partial charge on any atom is -0.457 e. The molecule has 0 rings (SSSR count). The molecule has 100 valence electrons. The second-order valence-corrected chi connectivity index (χ2v) is 5.87. The average molecular weight is 241 g/mol. The van der Waals surface area contributed by atoms with Crippen LogP contribution in [0.4, 0.5) is 0 Å². The lowest BCUT2D eigenvalue weighted by Gasteiger charge is -2.23. The summed E-state index contributed by atoms with van der Waals surface area (Å²) in [6.45, 7) is 18.6. The Labute approximate surface area is 106 Å². The maximum atomic E-state index is 10.5. The molecule has 0 aliphatic heterocycles. The highest BCUT2D eigenvalue weighted by Gasteiger charge is 2.16. The van der Waals surface area contributed by atoms with E-state index >= 15 is 0 Å². The van der Waals surface area contributed by atoms with Gasteiger partial charge >= 0.3 is 5.97 Å². The van der Waals surface area contributed by atoms with Crippen molar-refractivity contribution in [3.63, 3.8) is 0 Å². The van der Waals surface area contributed by atoms with Gasteiger partial charge in [0, 0.05) is 12.1 Å². The molecule has 0 spiro atoms. The third-order valence-corrected chi connectivity index (χ3v) is 1.83. The Kier molecular flexibility index (Phi) is 7.83. The standard InChI is InChI=1S/C7H15N.C7H12O2/c1-5-6(8)7(2,3)4;1-5-6(8)9-7(2,3)4/h5-6H,1,8H2,2-4H3;5H,1H2,2-4H3. The van der Waals surface area contributed by atoms with Crippen molar-refractivity contribution in [2.24, 2.45) is 11.1 Å². The normalized spacial score (nSPS) is 12.9. The van der Waals surface area contributed by atoms with E-state index < -0.39 is 5.60 Å². The fourth-order valence-electron chi connectivity index (χ4n) is 0.697. The van der Waals surface area contributed by atoms with E-state index in [1.54, 1.807) is 6.08 Å². The van der Waals surface area contributed by atoms with Crippen molar-refractivity contribution >= 4 is 5.97 Å². The molecule has 0 amide bonds. The molecule has 0 aromatic rings. The van der Waals surface area contributed by atoms with Gasteiger partial charge in [-0.2, -0.15) is 0 Å². The molecule has 0 fully saturated rings. The lowest BCUT2D eigenvalue weighted by atomic mass is 9.88. The van der Waals surface area contributed by atoms with Crippen LogP contribution in [0.5, 0.6) is 0 Å². The highest BCUT2D eigenvalue weighted by atomic mass is 16.6. The Bertz CT molecular complexity index is 256. The van der Waals surface area contributed by atoms with Crippen LogP contribution in [0.2, 0.25) is 0 Å². The predicted molar refractivity (Wildman–Crippen MR) is 73.7 cm³/mol. The smallest absolute Gasteiger partial charge is 0.330 e. The summed E-state index contributed by atoms with van der Waals surface area (Å²) in [6.07, 6.45) is 2.94. The third-order valence-electron chi connectivity index (χ3n) is 1.83. The highest BCUT2D eigenvalue weighted by molar-refractivity contribution is 5.81. The fraction of sp³-hybridized carbons (Fsp3) is 0.643. The number of nitrogens with two attached hydrogens (primary N) is 1.